The number of thioether (sulfide) groups is 1. The molecule has 1 fully saturated rings. The van der Waals surface area contributed by atoms with Gasteiger partial charge in [0.1, 0.15) is 6.54 Å². The molecule has 0 bridgehead atoms. The minimum Gasteiger partial charge on any atom is -0.353 e. The van der Waals surface area contributed by atoms with E-state index in [1.54, 1.807) is 4.90 Å². The largest absolute Gasteiger partial charge is 0.353 e. The van der Waals surface area contributed by atoms with Gasteiger partial charge in [0, 0.05) is 22.7 Å². The highest BCUT2D eigenvalue weighted by molar-refractivity contribution is 9.10. The maximum atomic E-state index is 13.5. The smallest absolute Gasteiger partial charge is 0.265 e. The SMILES string of the molecule is CCN1CCCC1CNC(=O)CN(C(=O)/C(=C/c1cccc(Br)c1)SC)c1ccccc1. The summed E-state index contributed by atoms with van der Waals surface area (Å²) in [6.45, 7) is 4.83. The van der Waals surface area contributed by atoms with Gasteiger partial charge in [-0.2, -0.15) is 0 Å². The van der Waals surface area contributed by atoms with E-state index in [1.807, 2.05) is 66.9 Å². The van der Waals surface area contributed by atoms with Gasteiger partial charge in [-0.1, -0.05) is 53.2 Å². The number of likely N-dealkylation sites (tertiary alicyclic amines) is 1. The lowest BCUT2D eigenvalue weighted by Gasteiger charge is -2.25. The van der Waals surface area contributed by atoms with Gasteiger partial charge in [0.05, 0.1) is 4.91 Å². The van der Waals surface area contributed by atoms with Crippen LogP contribution >= 0.6 is 27.7 Å². The number of para-hydroxylation sites is 1. The van der Waals surface area contributed by atoms with Crippen molar-refractivity contribution in [2.45, 2.75) is 25.8 Å². The van der Waals surface area contributed by atoms with Crippen LogP contribution in [0.25, 0.3) is 6.08 Å². The summed E-state index contributed by atoms with van der Waals surface area (Å²) in [4.78, 5) is 30.9. The predicted octanol–water partition coefficient (Wildman–Crippen LogP) is 4.79. The van der Waals surface area contributed by atoms with Crippen LogP contribution in [0.5, 0.6) is 0 Å². The van der Waals surface area contributed by atoms with Gasteiger partial charge in [-0.05, 0) is 68.1 Å². The van der Waals surface area contributed by atoms with Gasteiger partial charge in [-0.3, -0.25) is 19.4 Å². The third-order valence-electron chi connectivity index (χ3n) is 5.63. The second-order valence-corrected chi connectivity index (χ2v) is 9.49. The first-order chi connectivity index (χ1) is 15.5. The number of likely N-dealkylation sites (N-methyl/N-ethyl adjacent to an activating group) is 1. The first-order valence-electron chi connectivity index (χ1n) is 10.9. The van der Waals surface area contributed by atoms with E-state index < -0.39 is 0 Å². The molecule has 1 N–H and O–H groups in total. The Morgan fingerprint density at radius 2 is 2.00 bits per heavy atom. The summed E-state index contributed by atoms with van der Waals surface area (Å²) in [5.74, 6) is -0.331. The number of amides is 2. The summed E-state index contributed by atoms with van der Waals surface area (Å²) in [7, 11) is 0. The molecule has 3 rings (SSSR count). The molecule has 170 valence electrons. The van der Waals surface area contributed by atoms with Gasteiger partial charge in [0.2, 0.25) is 5.91 Å². The molecule has 1 saturated heterocycles. The Kier molecular flexibility index (Phi) is 9.38. The molecule has 5 nitrogen and oxygen atoms in total. The third kappa shape index (κ3) is 6.70. The van der Waals surface area contributed by atoms with E-state index in [1.165, 1.54) is 18.2 Å². The van der Waals surface area contributed by atoms with Crippen LogP contribution in [0, 0.1) is 0 Å². The van der Waals surface area contributed by atoms with Crippen LogP contribution in [0.1, 0.15) is 25.3 Å². The van der Waals surface area contributed by atoms with Crippen molar-refractivity contribution in [1.82, 2.24) is 10.2 Å². The van der Waals surface area contributed by atoms with Crippen LogP contribution in [0.15, 0.2) is 64.0 Å². The molecule has 1 aliphatic rings. The zero-order valence-corrected chi connectivity index (χ0v) is 21.0. The number of nitrogens with one attached hydrogen (secondary N) is 1. The molecule has 2 aromatic rings. The van der Waals surface area contributed by atoms with E-state index in [0.29, 0.717) is 23.2 Å². The normalized spacial score (nSPS) is 16.7. The lowest BCUT2D eigenvalue weighted by atomic mass is 10.2. The fraction of sp³-hybridized carbons (Fsp3) is 0.360. The minimum absolute atomic E-state index is 0.0158. The van der Waals surface area contributed by atoms with E-state index in [-0.39, 0.29) is 18.4 Å². The molecule has 1 aliphatic heterocycles. The van der Waals surface area contributed by atoms with Gasteiger partial charge < -0.3 is 5.32 Å². The zero-order chi connectivity index (χ0) is 22.9. The van der Waals surface area contributed by atoms with E-state index in [4.69, 9.17) is 0 Å². The van der Waals surface area contributed by atoms with Gasteiger partial charge in [-0.25, -0.2) is 0 Å². The average Bonchev–Trinajstić information content (AvgIpc) is 3.27. The maximum Gasteiger partial charge on any atom is 0.265 e. The number of hydrogen-bond acceptors (Lipinski definition) is 4. The summed E-state index contributed by atoms with van der Waals surface area (Å²) < 4.78 is 0.950. The van der Waals surface area contributed by atoms with Crippen molar-refractivity contribution in [1.29, 1.82) is 0 Å². The quantitative estimate of drug-likeness (QED) is 0.488. The Balaban J connectivity index is 1.76. The molecule has 0 spiro atoms. The zero-order valence-electron chi connectivity index (χ0n) is 18.6. The first kappa shape index (κ1) is 24.6. The highest BCUT2D eigenvalue weighted by Gasteiger charge is 2.25. The fourth-order valence-corrected chi connectivity index (χ4v) is 4.91. The first-order valence-corrected chi connectivity index (χ1v) is 12.9. The molecular formula is C25H30BrN3O2S. The fourth-order valence-electron chi connectivity index (χ4n) is 3.95. The monoisotopic (exact) mass is 515 g/mol. The summed E-state index contributed by atoms with van der Waals surface area (Å²) >= 11 is 4.86. The van der Waals surface area contributed by atoms with Gasteiger partial charge in [0.25, 0.3) is 5.91 Å². The summed E-state index contributed by atoms with van der Waals surface area (Å²) in [5, 5.41) is 3.05. The molecule has 1 unspecified atom stereocenters. The standard InChI is InChI=1S/C25H30BrN3O2S/c1-3-28-14-8-13-22(28)17-27-24(30)18-29(21-11-5-4-6-12-21)25(31)23(32-2)16-19-9-7-10-20(26)15-19/h4-7,9-12,15-16,22H,3,8,13-14,17-18H2,1-2H3,(H,27,30)/b23-16-. The van der Waals surface area contributed by atoms with Gasteiger partial charge in [0.15, 0.2) is 0 Å². The molecular weight excluding hydrogens is 486 g/mol. The Bertz CT molecular complexity index is 951. The summed E-state index contributed by atoms with van der Waals surface area (Å²) in [6.07, 6.45) is 6.01. The highest BCUT2D eigenvalue weighted by atomic mass is 79.9. The molecule has 0 aromatic heterocycles. The molecule has 0 radical (unpaired) electrons. The van der Waals surface area contributed by atoms with Crippen molar-refractivity contribution < 1.29 is 9.59 Å². The highest BCUT2D eigenvalue weighted by Crippen LogP contribution is 2.24. The van der Waals surface area contributed by atoms with Crippen LogP contribution in [0.3, 0.4) is 0 Å². The van der Waals surface area contributed by atoms with Crippen LogP contribution in [-0.2, 0) is 9.59 Å². The second-order valence-electron chi connectivity index (χ2n) is 7.72. The van der Waals surface area contributed by atoms with E-state index >= 15 is 0 Å². The van der Waals surface area contributed by atoms with Gasteiger partial charge in [-0.15, -0.1) is 11.8 Å². The molecule has 2 aromatic carbocycles. The van der Waals surface area contributed by atoms with Crippen molar-refractivity contribution in [3.63, 3.8) is 0 Å². The van der Waals surface area contributed by atoms with Crippen molar-refractivity contribution in [2.24, 2.45) is 0 Å². The number of carbonyl (C=O) groups is 2. The number of hydrogen-bond donors (Lipinski definition) is 1. The Hall–Kier alpha value is -2.09. The number of halogens is 1. The topological polar surface area (TPSA) is 52.7 Å². The molecule has 2 amide bonds. The van der Waals surface area contributed by atoms with E-state index in [9.17, 15) is 9.59 Å². The number of nitrogens with zero attached hydrogens (tertiary/aromatic N) is 2. The number of benzene rings is 2. The van der Waals surface area contributed by atoms with Crippen molar-refractivity contribution in [2.75, 3.05) is 37.3 Å². The van der Waals surface area contributed by atoms with Gasteiger partial charge >= 0.3 is 0 Å². The van der Waals surface area contributed by atoms with Crippen LogP contribution in [0.2, 0.25) is 0 Å². The predicted molar refractivity (Wildman–Crippen MR) is 138 cm³/mol. The average molecular weight is 517 g/mol. The van der Waals surface area contributed by atoms with Crippen molar-refractivity contribution >= 4 is 51.3 Å². The number of anilines is 1. The third-order valence-corrected chi connectivity index (χ3v) is 6.86. The lowest BCUT2D eigenvalue weighted by molar-refractivity contribution is -0.122. The second kappa shape index (κ2) is 12.2. The molecule has 1 atom stereocenters. The molecule has 1 heterocycles. The summed E-state index contributed by atoms with van der Waals surface area (Å²) in [6, 6.07) is 17.5. The number of carbonyl (C=O) groups excluding carboxylic acids is 2. The molecule has 32 heavy (non-hydrogen) atoms. The Labute approximate surface area is 203 Å². The van der Waals surface area contributed by atoms with E-state index in [2.05, 4.69) is 33.1 Å². The van der Waals surface area contributed by atoms with Crippen molar-refractivity contribution in [3.8, 4) is 0 Å². The molecule has 0 aliphatic carbocycles. The lowest BCUT2D eigenvalue weighted by Crippen LogP contribution is -2.45. The molecule has 7 heteroatoms. The van der Waals surface area contributed by atoms with Crippen molar-refractivity contribution in [3.05, 3.63) is 69.5 Å². The summed E-state index contributed by atoms with van der Waals surface area (Å²) in [5.41, 5.74) is 1.63. The van der Waals surface area contributed by atoms with Crippen LogP contribution < -0.4 is 10.2 Å². The Morgan fingerprint density at radius 1 is 1.22 bits per heavy atom. The maximum absolute atomic E-state index is 13.5. The minimum atomic E-state index is -0.185. The Morgan fingerprint density at radius 3 is 2.69 bits per heavy atom. The van der Waals surface area contributed by atoms with E-state index in [0.717, 1.165) is 29.5 Å². The molecule has 0 saturated carbocycles. The number of rotatable bonds is 9. The van der Waals surface area contributed by atoms with Crippen LogP contribution in [0.4, 0.5) is 5.69 Å². The van der Waals surface area contributed by atoms with Crippen LogP contribution in [-0.4, -0.2) is 55.2 Å².